The number of rotatable bonds is 19. The van der Waals surface area contributed by atoms with Crippen LogP contribution in [0, 0.1) is 76.5 Å². The molecule has 9 aromatic rings. The van der Waals surface area contributed by atoms with E-state index in [0.29, 0.717) is 66.5 Å². The molecule has 6 aromatic carbocycles. The summed E-state index contributed by atoms with van der Waals surface area (Å²) < 4.78 is 0. The van der Waals surface area contributed by atoms with Gasteiger partial charge in [0.05, 0.1) is 29.8 Å². The van der Waals surface area contributed by atoms with Crippen molar-refractivity contribution in [1.29, 1.82) is 0 Å². The van der Waals surface area contributed by atoms with E-state index in [1.165, 1.54) is 97.1 Å². The van der Waals surface area contributed by atoms with Crippen molar-refractivity contribution in [3.8, 4) is 71.0 Å². The van der Waals surface area contributed by atoms with Gasteiger partial charge in [-0.2, -0.15) is 0 Å². The Morgan fingerprint density at radius 3 is 0.991 bits per heavy atom. The third-order valence-corrected chi connectivity index (χ3v) is 19.7. The number of benzene rings is 6. The molecule has 14 nitrogen and oxygen atoms in total. The number of aromatic nitrogens is 3. The van der Waals surface area contributed by atoms with Crippen molar-refractivity contribution in [3.63, 3.8) is 0 Å². The van der Waals surface area contributed by atoms with Gasteiger partial charge in [0.2, 0.25) is 0 Å². The van der Waals surface area contributed by atoms with Crippen LogP contribution in [0.3, 0.4) is 0 Å². The standard InChI is InChI=1S/C33H37N3O.C32H36N4O.C30H32N4O/c1-33(2,3)19-18-26-12-16-28-24-35-32(34)29(30(28)23-26)17-13-25-10-14-27(15-11-25)31(37)9-5-8-22-36-20-6-4-7-21-36;1-35(2)19-8-9-26-13-17-28-24-34-32(33)29(30(28)23-26)18-14-25-11-15-27(16-12-25)31(37)10-4-7-22-36-20-5-3-6-21-36;31-17-6-7-24-11-15-26-22-33-30(32)27(28(26)21-24)16-12-23-9-13-25(14-10-23)29(35)8-2-5-20-34-18-3-1-4-19-34/h10-12,14-16,23-24H,4-9,20-22H2,1-3H3,(H2,34,35);11-13,15-17,23-24H,3-7,10,19-22H2,1-2H3,(H2,33,34);9-11,13-15,21-22H,1-5,8,17-20,31H2,(H2,32,33). The number of Topliss-reactive ketones (excluding diaryl/α,β-unsaturated/α-hetero) is 3. The molecule has 3 saturated heterocycles. The van der Waals surface area contributed by atoms with Crippen LogP contribution in [0.15, 0.2) is 146 Å². The predicted molar refractivity (Wildman–Crippen MR) is 449 cm³/mol. The average molecular weight is 1450 g/mol. The fourth-order valence-corrected chi connectivity index (χ4v) is 13.5. The normalized spacial score (nSPS) is 13.7. The molecule has 3 fully saturated rings. The van der Waals surface area contributed by atoms with E-state index in [9.17, 15) is 14.4 Å². The number of anilines is 3. The largest absolute Gasteiger partial charge is 0.383 e. The van der Waals surface area contributed by atoms with Crippen molar-refractivity contribution in [2.24, 2.45) is 11.1 Å². The van der Waals surface area contributed by atoms with E-state index in [0.717, 1.165) is 141 Å². The maximum atomic E-state index is 12.6. The molecule has 0 radical (unpaired) electrons. The van der Waals surface area contributed by atoms with Crippen LogP contribution in [-0.2, 0) is 0 Å². The summed E-state index contributed by atoms with van der Waals surface area (Å²) in [5.41, 5.74) is 33.5. The molecule has 0 unspecified atom stereocenters. The quantitative estimate of drug-likeness (QED) is 0.0338. The first-order valence-corrected chi connectivity index (χ1v) is 39.0. The van der Waals surface area contributed by atoms with Gasteiger partial charge in [-0.05, 0) is 244 Å². The van der Waals surface area contributed by atoms with Gasteiger partial charge < -0.3 is 37.6 Å². The summed E-state index contributed by atoms with van der Waals surface area (Å²) in [6.45, 7) is 17.9. The maximum Gasteiger partial charge on any atom is 0.162 e. The number of carbonyl (C=O) groups excluding carboxylic acids is 3. The van der Waals surface area contributed by atoms with Crippen LogP contribution in [0.4, 0.5) is 17.5 Å². The van der Waals surface area contributed by atoms with E-state index in [-0.39, 0.29) is 22.8 Å². The Bertz CT molecular complexity index is 5020. The van der Waals surface area contributed by atoms with Crippen LogP contribution in [0.1, 0.15) is 217 Å². The minimum absolute atomic E-state index is 0.0739. The van der Waals surface area contributed by atoms with Crippen LogP contribution in [0.5, 0.6) is 0 Å². The molecule has 6 heterocycles. The molecule has 0 aliphatic carbocycles. The zero-order valence-corrected chi connectivity index (χ0v) is 64.5. The number of likely N-dealkylation sites (tertiary alicyclic amines) is 3. The maximum absolute atomic E-state index is 12.6. The zero-order valence-electron chi connectivity index (χ0n) is 64.5. The highest BCUT2D eigenvalue weighted by molar-refractivity contribution is 5.98. The van der Waals surface area contributed by atoms with Gasteiger partial charge in [0.25, 0.3) is 0 Å². The third-order valence-electron chi connectivity index (χ3n) is 19.7. The molecule has 8 N–H and O–H groups in total. The van der Waals surface area contributed by atoms with Crippen molar-refractivity contribution in [2.75, 3.05) is 103 Å². The van der Waals surface area contributed by atoms with E-state index >= 15 is 0 Å². The smallest absolute Gasteiger partial charge is 0.162 e. The summed E-state index contributed by atoms with van der Waals surface area (Å²) in [6.07, 6.45) is 25.0. The highest BCUT2D eigenvalue weighted by Gasteiger charge is 2.16. The number of nitrogens with two attached hydrogens (primary N) is 4. The molecule has 3 aromatic heterocycles. The molecule has 109 heavy (non-hydrogen) atoms. The molecule has 0 amide bonds. The lowest BCUT2D eigenvalue weighted by molar-refractivity contribution is 0.0969. The monoisotopic (exact) mass is 1450 g/mol. The first-order chi connectivity index (χ1) is 52.9. The number of piperidine rings is 3. The SMILES string of the molecule is CC(C)(C)C#Cc1ccc2cnc(N)c(C#Cc3ccc(C(=O)CCCCN4CCCCC4)cc3)c2c1.CN(C)CC#Cc1ccc2cnc(N)c(C#Cc3ccc(C(=O)CCCCN4CCCCC4)cc3)c2c1.NCC#Cc1ccc2cnc(N)c(C#Cc3ccc(C(=O)CCCCN4CCCCC4)cc3)c2c1. The summed E-state index contributed by atoms with van der Waals surface area (Å²) in [4.78, 5) is 60.4. The highest BCUT2D eigenvalue weighted by atomic mass is 16.1. The van der Waals surface area contributed by atoms with Crippen LogP contribution in [-0.4, -0.2) is 138 Å². The second-order valence-corrected chi connectivity index (χ2v) is 29.8. The average Bonchev–Trinajstić information content (AvgIpc) is 0.808. The molecule has 3 aliphatic heterocycles. The zero-order chi connectivity index (χ0) is 76.7. The van der Waals surface area contributed by atoms with Gasteiger partial charge >= 0.3 is 0 Å². The Balaban J connectivity index is 0.000000174. The summed E-state index contributed by atoms with van der Waals surface area (Å²) in [5, 5.41) is 5.68. The van der Waals surface area contributed by atoms with Crippen LogP contribution in [0.25, 0.3) is 32.3 Å². The second-order valence-electron chi connectivity index (χ2n) is 29.8. The molecular weight excluding hydrogens is 1340 g/mol. The van der Waals surface area contributed by atoms with Crippen molar-refractivity contribution < 1.29 is 14.4 Å². The molecule has 0 saturated carbocycles. The van der Waals surface area contributed by atoms with Gasteiger partial charge in [-0.1, -0.05) is 145 Å². The lowest BCUT2D eigenvalue weighted by Gasteiger charge is -2.26. The number of unbranched alkanes of at least 4 members (excludes halogenated alkanes) is 3. The molecular formula is C95H105N11O3. The first kappa shape index (κ1) is 80.7. The lowest BCUT2D eigenvalue weighted by atomic mass is 9.97. The molecule has 558 valence electrons. The third kappa shape index (κ3) is 25.6. The Morgan fingerprint density at radius 1 is 0.385 bits per heavy atom. The van der Waals surface area contributed by atoms with Gasteiger partial charge in [-0.15, -0.1) is 0 Å². The van der Waals surface area contributed by atoms with Gasteiger partial charge in [0, 0.05) is 126 Å². The van der Waals surface area contributed by atoms with Crippen LogP contribution >= 0.6 is 0 Å². The second kappa shape index (κ2) is 41.5. The van der Waals surface area contributed by atoms with Gasteiger partial charge in [-0.3, -0.25) is 19.3 Å². The number of pyridine rings is 3. The summed E-state index contributed by atoms with van der Waals surface area (Å²) in [5.74, 6) is 39.8. The Kier molecular flexibility index (Phi) is 30.7. The lowest BCUT2D eigenvalue weighted by Crippen LogP contribution is -2.30. The highest BCUT2D eigenvalue weighted by Crippen LogP contribution is 2.28. The van der Waals surface area contributed by atoms with E-state index in [2.05, 4.69) is 121 Å². The molecule has 0 atom stereocenters. The van der Waals surface area contributed by atoms with Gasteiger partial charge in [0.1, 0.15) is 17.5 Å². The molecule has 0 bridgehead atoms. The number of nitrogen functional groups attached to an aromatic ring is 3. The summed E-state index contributed by atoms with van der Waals surface area (Å²) in [7, 11) is 3.99. The van der Waals surface area contributed by atoms with E-state index in [1.807, 2.05) is 146 Å². The fraction of sp³-hybridized carbons (Fsp3) is 0.368. The van der Waals surface area contributed by atoms with Crippen LogP contribution < -0.4 is 22.9 Å². The Labute approximate surface area is 647 Å². The van der Waals surface area contributed by atoms with Crippen LogP contribution in [0.2, 0.25) is 0 Å². The minimum Gasteiger partial charge on any atom is -0.383 e. The fourth-order valence-electron chi connectivity index (χ4n) is 13.5. The Hall–Kier alpha value is -10.9. The molecule has 12 rings (SSSR count). The van der Waals surface area contributed by atoms with Crippen molar-refractivity contribution in [2.45, 2.75) is 136 Å². The summed E-state index contributed by atoms with van der Waals surface area (Å²) >= 11 is 0. The molecule has 3 aliphatic rings. The molecule has 0 spiro atoms. The number of fused-ring (bicyclic) bond motifs is 3. The minimum atomic E-state index is -0.0739. The van der Waals surface area contributed by atoms with Crippen molar-refractivity contribution >= 4 is 67.1 Å². The number of hydrogen-bond acceptors (Lipinski definition) is 14. The van der Waals surface area contributed by atoms with E-state index in [4.69, 9.17) is 22.9 Å². The number of nitrogens with zero attached hydrogens (tertiary/aromatic N) is 7. The molecule has 14 heteroatoms. The summed E-state index contributed by atoms with van der Waals surface area (Å²) in [6, 6.07) is 40.5. The first-order valence-electron chi connectivity index (χ1n) is 39.0. The van der Waals surface area contributed by atoms with Crippen molar-refractivity contribution in [3.05, 3.63) is 213 Å². The predicted octanol–water partition coefficient (Wildman–Crippen LogP) is 15.8. The topological polar surface area (TPSA) is 207 Å². The number of carbonyl (C=O) groups is 3. The van der Waals surface area contributed by atoms with E-state index < -0.39 is 0 Å². The number of hydrogen-bond donors (Lipinski definition) is 4. The van der Waals surface area contributed by atoms with Crippen molar-refractivity contribution in [1.82, 2.24) is 34.6 Å². The van der Waals surface area contributed by atoms with Gasteiger partial charge in [0.15, 0.2) is 17.3 Å². The Morgan fingerprint density at radius 2 is 0.688 bits per heavy atom. The van der Waals surface area contributed by atoms with Gasteiger partial charge in [-0.25, -0.2) is 15.0 Å². The number of ketones is 3. The van der Waals surface area contributed by atoms with E-state index in [1.54, 1.807) is 18.6 Å².